The zero-order chi connectivity index (χ0) is 19.8. The lowest BCUT2D eigenvalue weighted by atomic mass is 10.1. The van der Waals surface area contributed by atoms with Crippen molar-refractivity contribution in [2.45, 2.75) is 13.5 Å². The average Bonchev–Trinajstić information content (AvgIpc) is 2.72. The molecule has 0 unspecified atom stereocenters. The Morgan fingerprint density at radius 3 is 2.25 bits per heavy atom. The maximum atomic E-state index is 12.1. The summed E-state index contributed by atoms with van der Waals surface area (Å²) in [6.07, 6.45) is 0. The van der Waals surface area contributed by atoms with E-state index < -0.39 is 0 Å². The number of nitrogens with one attached hydrogen (secondary N) is 2. The monoisotopic (exact) mass is 374 g/mol. The Labute approximate surface area is 164 Å². The smallest absolute Gasteiger partial charge is 0.251 e. The number of benzene rings is 3. The lowest BCUT2D eigenvalue weighted by molar-refractivity contribution is -0.115. The van der Waals surface area contributed by atoms with E-state index in [0.717, 1.165) is 16.9 Å². The first kappa shape index (κ1) is 19.2. The number of hydrogen-bond donors (Lipinski definition) is 2. The van der Waals surface area contributed by atoms with Gasteiger partial charge in [-0.15, -0.1) is 0 Å². The highest BCUT2D eigenvalue weighted by molar-refractivity contribution is 6.00. The molecule has 2 N–H and O–H groups in total. The summed E-state index contributed by atoms with van der Waals surface area (Å²) in [6.45, 7) is 2.24. The molecule has 3 aromatic carbocycles. The van der Waals surface area contributed by atoms with E-state index in [-0.39, 0.29) is 18.4 Å². The fourth-order valence-corrected chi connectivity index (χ4v) is 2.66. The fraction of sp³-hybridized carbons (Fsp3) is 0.130. The van der Waals surface area contributed by atoms with Crippen molar-refractivity contribution in [3.63, 3.8) is 0 Å². The first-order valence-corrected chi connectivity index (χ1v) is 9.02. The van der Waals surface area contributed by atoms with Crippen LogP contribution in [0.4, 0.5) is 5.69 Å². The van der Waals surface area contributed by atoms with Gasteiger partial charge in [0.15, 0.2) is 0 Å². The van der Waals surface area contributed by atoms with Crippen LogP contribution in [0, 0.1) is 6.92 Å². The van der Waals surface area contributed by atoms with Crippen LogP contribution in [0.1, 0.15) is 21.5 Å². The Hall–Kier alpha value is -3.60. The molecule has 0 aliphatic heterocycles. The van der Waals surface area contributed by atoms with Crippen LogP contribution in [0.3, 0.4) is 0 Å². The van der Waals surface area contributed by atoms with Crippen molar-refractivity contribution in [1.29, 1.82) is 0 Å². The highest BCUT2D eigenvalue weighted by Gasteiger charge is 2.10. The molecule has 5 nitrogen and oxygen atoms in total. The van der Waals surface area contributed by atoms with Crippen molar-refractivity contribution in [2.24, 2.45) is 0 Å². The van der Waals surface area contributed by atoms with E-state index in [1.165, 1.54) is 0 Å². The Kier molecular flexibility index (Phi) is 6.41. The fourth-order valence-electron chi connectivity index (χ4n) is 2.66. The van der Waals surface area contributed by atoms with Crippen molar-refractivity contribution in [3.8, 4) is 5.75 Å². The molecule has 3 aromatic rings. The summed E-state index contributed by atoms with van der Waals surface area (Å²) < 4.78 is 5.72. The predicted molar refractivity (Wildman–Crippen MR) is 109 cm³/mol. The Morgan fingerprint density at radius 1 is 0.857 bits per heavy atom. The van der Waals surface area contributed by atoms with E-state index in [1.807, 2.05) is 49.4 Å². The summed E-state index contributed by atoms with van der Waals surface area (Å²) in [6, 6.07) is 24.3. The lowest BCUT2D eigenvalue weighted by Gasteiger charge is -2.10. The SMILES string of the molecule is Cc1ccccc1C(=O)NCC(=O)Nc1ccc(OCc2ccccc2)cc1. The number of anilines is 1. The maximum absolute atomic E-state index is 12.1. The van der Waals surface area contributed by atoms with E-state index in [2.05, 4.69) is 10.6 Å². The lowest BCUT2D eigenvalue weighted by Crippen LogP contribution is -2.33. The van der Waals surface area contributed by atoms with Gasteiger partial charge >= 0.3 is 0 Å². The van der Waals surface area contributed by atoms with Gasteiger partial charge in [-0.2, -0.15) is 0 Å². The molecule has 0 radical (unpaired) electrons. The Bertz CT molecular complexity index is 938. The topological polar surface area (TPSA) is 67.4 Å². The molecule has 0 aromatic heterocycles. The van der Waals surface area contributed by atoms with Gasteiger partial charge in [0.1, 0.15) is 12.4 Å². The minimum absolute atomic E-state index is 0.0978. The van der Waals surface area contributed by atoms with Crippen LogP contribution in [0.5, 0.6) is 5.75 Å². The molecule has 0 bridgehead atoms. The summed E-state index contributed by atoms with van der Waals surface area (Å²) in [5.41, 5.74) is 3.16. The van der Waals surface area contributed by atoms with Crippen LogP contribution in [0.2, 0.25) is 0 Å². The number of hydrogen-bond acceptors (Lipinski definition) is 3. The largest absolute Gasteiger partial charge is 0.489 e. The molecule has 0 aliphatic carbocycles. The summed E-state index contributed by atoms with van der Waals surface area (Å²) in [5.74, 6) is 0.160. The van der Waals surface area contributed by atoms with Crippen molar-refractivity contribution in [3.05, 3.63) is 95.6 Å². The summed E-state index contributed by atoms with van der Waals surface area (Å²) in [5, 5.41) is 5.39. The number of rotatable bonds is 7. The molecule has 28 heavy (non-hydrogen) atoms. The molecular weight excluding hydrogens is 352 g/mol. The molecular formula is C23H22N2O3. The molecule has 0 saturated heterocycles. The molecule has 0 fully saturated rings. The normalized spacial score (nSPS) is 10.2. The standard InChI is InChI=1S/C23H22N2O3/c1-17-7-5-6-10-21(17)23(27)24-15-22(26)25-19-11-13-20(14-12-19)28-16-18-8-3-2-4-9-18/h2-14H,15-16H2,1H3,(H,24,27)(H,25,26). The second-order valence-electron chi connectivity index (χ2n) is 6.34. The van der Waals surface area contributed by atoms with Crippen LogP contribution in [-0.2, 0) is 11.4 Å². The average molecular weight is 374 g/mol. The zero-order valence-electron chi connectivity index (χ0n) is 15.6. The van der Waals surface area contributed by atoms with E-state index in [4.69, 9.17) is 4.74 Å². The molecule has 0 atom stereocenters. The first-order chi connectivity index (χ1) is 13.6. The molecule has 5 heteroatoms. The number of ether oxygens (including phenoxy) is 1. The summed E-state index contributed by atoms with van der Waals surface area (Å²) in [4.78, 5) is 24.2. The first-order valence-electron chi connectivity index (χ1n) is 9.02. The minimum atomic E-state index is -0.292. The van der Waals surface area contributed by atoms with E-state index in [9.17, 15) is 9.59 Å². The third-order valence-corrected chi connectivity index (χ3v) is 4.19. The van der Waals surface area contributed by atoms with Crippen molar-refractivity contribution in [1.82, 2.24) is 5.32 Å². The second-order valence-corrected chi connectivity index (χ2v) is 6.34. The molecule has 142 valence electrons. The quantitative estimate of drug-likeness (QED) is 0.658. The van der Waals surface area contributed by atoms with Gasteiger partial charge in [0.25, 0.3) is 5.91 Å². The Balaban J connectivity index is 1.46. The molecule has 2 amide bonds. The highest BCUT2D eigenvalue weighted by Crippen LogP contribution is 2.17. The third kappa shape index (κ3) is 5.45. The molecule has 0 aliphatic rings. The van der Waals surface area contributed by atoms with Crippen molar-refractivity contribution in [2.75, 3.05) is 11.9 Å². The van der Waals surface area contributed by atoms with Gasteiger partial charge in [-0.05, 0) is 48.4 Å². The number of carbonyl (C=O) groups is 2. The third-order valence-electron chi connectivity index (χ3n) is 4.19. The van der Waals surface area contributed by atoms with E-state index >= 15 is 0 Å². The van der Waals surface area contributed by atoms with Crippen molar-refractivity contribution < 1.29 is 14.3 Å². The van der Waals surface area contributed by atoms with Crippen molar-refractivity contribution >= 4 is 17.5 Å². The van der Waals surface area contributed by atoms with Gasteiger partial charge < -0.3 is 15.4 Å². The van der Waals surface area contributed by atoms with Crippen LogP contribution in [0.15, 0.2) is 78.9 Å². The highest BCUT2D eigenvalue weighted by atomic mass is 16.5. The van der Waals surface area contributed by atoms with Gasteiger partial charge in [-0.25, -0.2) is 0 Å². The summed E-state index contributed by atoms with van der Waals surface area (Å²) >= 11 is 0. The Morgan fingerprint density at radius 2 is 1.54 bits per heavy atom. The minimum Gasteiger partial charge on any atom is -0.489 e. The van der Waals surface area contributed by atoms with Crippen LogP contribution in [0.25, 0.3) is 0 Å². The van der Waals surface area contributed by atoms with Gasteiger partial charge in [0, 0.05) is 11.3 Å². The second kappa shape index (κ2) is 9.37. The molecule has 0 spiro atoms. The van der Waals surface area contributed by atoms with Crippen LogP contribution >= 0.6 is 0 Å². The number of amides is 2. The van der Waals surface area contributed by atoms with Crippen LogP contribution in [-0.4, -0.2) is 18.4 Å². The molecule has 0 saturated carbocycles. The molecule has 3 rings (SSSR count). The number of carbonyl (C=O) groups excluding carboxylic acids is 2. The zero-order valence-corrected chi connectivity index (χ0v) is 15.6. The maximum Gasteiger partial charge on any atom is 0.251 e. The van der Waals surface area contributed by atoms with Crippen LogP contribution < -0.4 is 15.4 Å². The van der Waals surface area contributed by atoms with Gasteiger partial charge in [-0.1, -0.05) is 48.5 Å². The van der Waals surface area contributed by atoms with Gasteiger partial charge in [0.2, 0.25) is 5.91 Å². The predicted octanol–water partition coefficient (Wildman–Crippen LogP) is 3.94. The van der Waals surface area contributed by atoms with Gasteiger partial charge in [-0.3, -0.25) is 9.59 Å². The van der Waals surface area contributed by atoms with Gasteiger partial charge in [0.05, 0.1) is 6.54 Å². The summed E-state index contributed by atoms with van der Waals surface area (Å²) in [7, 11) is 0. The number of aryl methyl sites for hydroxylation is 1. The van der Waals surface area contributed by atoms with E-state index in [0.29, 0.717) is 17.9 Å². The van der Waals surface area contributed by atoms with E-state index in [1.54, 1.807) is 36.4 Å². The molecule has 0 heterocycles.